The predicted molar refractivity (Wildman–Crippen MR) is 176 cm³/mol. The van der Waals surface area contributed by atoms with Crippen LogP contribution in [-0.4, -0.2) is 29.9 Å². The molecular weight excluding hydrogens is 534 g/mol. The molecule has 0 heterocycles. The van der Waals surface area contributed by atoms with Crippen molar-refractivity contribution in [3.63, 3.8) is 0 Å². The predicted octanol–water partition coefficient (Wildman–Crippen LogP) is 6.82. The first-order chi connectivity index (χ1) is 20.0. The van der Waals surface area contributed by atoms with Gasteiger partial charge in [0, 0.05) is 49.4 Å². The molecular formula is C37H47N3O3. The highest BCUT2D eigenvalue weighted by atomic mass is 16.5. The number of ether oxygens (including phenoxy) is 1. The quantitative estimate of drug-likeness (QED) is 0.212. The van der Waals surface area contributed by atoms with Gasteiger partial charge in [-0.05, 0) is 104 Å². The minimum absolute atomic E-state index is 0.163. The van der Waals surface area contributed by atoms with E-state index in [-0.39, 0.29) is 16.9 Å². The summed E-state index contributed by atoms with van der Waals surface area (Å²) in [6.45, 7) is 23.5. The molecule has 0 fully saturated rings. The van der Waals surface area contributed by atoms with Gasteiger partial charge in [0.1, 0.15) is 17.1 Å². The van der Waals surface area contributed by atoms with Crippen LogP contribution in [0.15, 0.2) is 89.7 Å². The summed E-state index contributed by atoms with van der Waals surface area (Å²) in [6, 6.07) is 10.2. The number of aliphatic hydroxyl groups is 2. The zero-order chi connectivity index (χ0) is 31.6. The molecule has 0 aliphatic heterocycles. The number of hydrogen-bond donors (Lipinski definition) is 4. The van der Waals surface area contributed by atoms with E-state index in [1.807, 2.05) is 38.1 Å². The number of nitrogens with zero attached hydrogens (tertiary/aromatic N) is 1. The summed E-state index contributed by atoms with van der Waals surface area (Å²) in [7, 11) is 4.19. The highest BCUT2D eigenvalue weighted by molar-refractivity contribution is 5.66. The molecule has 0 saturated carbocycles. The summed E-state index contributed by atoms with van der Waals surface area (Å²) in [4.78, 5) is 2.20. The largest absolute Gasteiger partial charge is 0.512 e. The molecule has 0 amide bonds. The molecule has 5 N–H and O–H groups in total. The number of hydrogen-bond acceptors (Lipinski definition) is 6. The fourth-order valence-electron chi connectivity index (χ4n) is 8.21. The van der Waals surface area contributed by atoms with Crippen molar-refractivity contribution in [2.75, 3.05) is 19.0 Å². The van der Waals surface area contributed by atoms with Gasteiger partial charge in [-0.3, -0.25) is 0 Å². The maximum absolute atomic E-state index is 12.5. The number of nitrogens with two attached hydrogens (primary N) is 1. The lowest BCUT2D eigenvalue weighted by atomic mass is 9.46. The van der Waals surface area contributed by atoms with Crippen molar-refractivity contribution in [1.29, 1.82) is 0 Å². The highest BCUT2D eigenvalue weighted by Gasteiger charge is 2.61. The van der Waals surface area contributed by atoms with Crippen LogP contribution in [0.5, 0.6) is 5.75 Å². The Hall–Kier alpha value is -3.90. The van der Waals surface area contributed by atoms with Crippen LogP contribution in [0.4, 0.5) is 5.69 Å². The molecule has 3 aliphatic carbocycles. The van der Waals surface area contributed by atoms with Crippen LogP contribution in [0.3, 0.4) is 0 Å². The van der Waals surface area contributed by atoms with Gasteiger partial charge in [-0.1, -0.05) is 50.3 Å². The Morgan fingerprint density at radius 3 is 2.33 bits per heavy atom. The number of allylic oxidation sites excluding steroid dienone is 3. The van der Waals surface area contributed by atoms with E-state index in [9.17, 15) is 10.2 Å². The summed E-state index contributed by atoms with van der Waals surface area (Å²) in [5, 5.41) is 26.9. The molecule has 6 heteroatoms. The summed E-state index contributed by atoms with van der Waals surface area (Å²) in [6.07, 6.45) is 2.61. The van der Waals surface area contributed by atoms with Gasteiger partial charge in [0.05, 0.1) is 0 Å². The van der Waals surface area contributed by atoms with Crippen molar-refractivity contribution >= 4 is 5.69 Å². The van der Waals surface area contributed by atoms with E-state index in [0.717, 1.165) is 24.2 Å². The first-order valence-corrected chi connectivity index (χ1v) is 15.0. The van der Waals surface area contributed by atoms with Gasteiger partial charge < -0.3 is 30.9 Å². The summed E-state index contributed by atoms with van der Waals surface area (Å²) in [5.41, 5.74) is 14.6. The van der Waals surface area contributed by atoms with Crippen LogP contribution in [0.25, 0.3) is 0 Å². The molecule has 3 atom stereocenters. The van der Waals surface area contributed by atoms with Crippen LogP contribution in [0, 0.1) is 24.7 Å². The Morgan fingerprint density at radius 1 is 1.07 bits per heavy atom. The molecule has 6 nitrogen and oxygen atoms in total. The van der Waals surface area contributed by atoms with Crippen molar-refractivity contribution in [1.82, 2.24) is 5.32 Å². The van der Waals surface area contributed by atoms with Crippen LogP contribution in [-0.2, 0) is 19.4 Å². The lowest BCUT2D eigenvalue weighted by molar-refractivity contribution is -0.0628. The third kappa shape index (κ3) is 4.76. The average molecular weight is 582 g/mol. The Morgan fingerprint density at radius 2 is 1.72 bits per heavy atom. The molecule has 0 aromatic heterocycles. The number of aryl methyl sites for hydroxylation is 1. The number of aliphatic hydroxyl groups excluding tert-OH is 1. The Bertz CT molecular complexity index is 1610. The monoisotopic (exact) mass is 581 g/mol. The lowest BCUT2D eigenvalue weighted by Crippen LogP contribution is -2.59. The Labute approximate surface area is 256 Å². The molecule has 0 bridgehead atoms. The number of anilines is 1. The molecule has 3 aliphatic rings. The molecule has 5 rings (SSSR count). The van der Waals surface area contributed by atoms with Crippen molar-refractivity contribution in [2.24, 2.45) is 16.6 Å². The zero-order valence-corrected chi connectivity index (χ0v) is 26.9. The molecule has 43 heavy (non-hydrogen) atoms. The fraction of sp³-hybridized carbons (Fsp3) is 0.405. The minimum atomic E-state index is -1.33. The van der Waals surface area contributed by atoms with Gasteiger partial charge in [-0.2, -0.15) is 0 Å². The maximum Gasteiger partial charge on any atom is 0.186 e. The van der Waals surface area contributed by atoms with Gasteiger partial charge in [-0.15, -0.1) is 0 Å². The summed E-state index contributed by atoms with van der Waals surface area (Å²) in [5.74, 6) is 1.41. The second-order valence-electron chi connectivity index (χ2n) is 13.7. The molecule has 228 valence electrons. The zero-order valence-electron chi connectivity index (χ0n) is 26.9. The second kappa shape index (κ2) is 10.4. The van der Waals surface area contributed by atoms with Gasteiger partial charge >= 0.3 is 0 Å². The lowest BCUT2D eigenvalue weighted by Gasteiger charge is -2.60. The molecule has 0 radical (unpaired) electrons. The Kier molecular flexibility index (Phi) is 7.37. The van der Waals surface area contributed by atoms with E-state index in [4.69, 9.17) is 10.5 Å². The van der Waals surface area contributed by atoms with Crippen molar-refractivity contribution in [3.8, 4) is 5.75 Å². The van der Waals surface area contributed by atoms with Gasteiger partial charge in [0.2, 0.25) is 0 Å². The van der Waals surface area contributed by atoms with Crippen LogP contribution >= 0.6 is 0 Å². The van der Waals surface area contributed by atoms with Gasteiger partial charge in [0.15, 0.2) is 5.88 Å². The van der Waals surface area contributed by atoms with E-state index in [1.165, 1.54) is 39.1 Å². The van der Waals surface area contributed by atoms with Crippen molar-refractivity contribution in [2.45, 2.75) is 72.4 Å². The maximum atomic E-state index is 12.5. The normalized spacial score (nSPS) is 26.4. The van der Waals surface area contributed by atoms with Crippen LogP contribution < -0.4 is 20.7 Å². The third-order valence-electron chi connectivity index (χ3n) is 10.3. The first kappa shape index (κ1) is 30.6. The van der Waals surface area contributed by atoms with Crippen molar-refractivity contribution < 1.29 is 14.9 Å². The average Bonchev–Trinajstić information content (AvgIpc) is 2.90. The van der Waals surface area contributed by atoms with E-state index >= 15 is 0 Å². The molecule has 0 unspecified atom stereocenters. The molecule has 0 saturated heterocycles. The van der Waals surface area contributed by atoms with E-state index in [1.54, 1.807) is 0 Å². The van der Waals surface area contributed by atoms with E-state index in [2.05, 4.69) is 70.9 Å². The number of rotatable bonds is 7. The van der Waals surface area contributed by atoms with E-state index < -0.39 is 11.0 Å². The molecule has 2 aromatic rings. The van der Waals surface area contributed by atoms with E-state index in [0.29, 0.717) is 36.4 Å². The molecule has 2 aromatic carbocycles. The SMILES string of the molecule is C=C(NCc1cc(N(C)C)c2c(c1C)CC1=C(C)[C@]3(O)C(=C)C(C(=C)N)=C(O)C[C@]3(C)C[C@]1(C)C2)Oc1ccc(C)cc1. The molecule has 0 spiro atoms. The van der Waals surface area contributed by atoms with Crippen LogP contribution in [0.2, 0.25) is 0 Å². The summed E-state index contributed by atoms with van der Waals surface area (Å²) < 4.78 is 5.94. The number of nitrogens with one attached hydrogen (secondary N) is 1. The van der Waals surface area contributed by atoms with Crippen molar-refractivity contribution in [3.05, 3.63) is 118 Å². The fourth-order valence-corrected chi connectivity index (χ4v) is 8.21. The minimum Gasteiger partial charge on any atom is -0.512 e. The highest BCUT2D eigenvalue weighted by Crippen LogP contribution is 2.65. The second-order valence-corrected chi connectivity index (χ2v) is 13.7. The van der Waals surface area contributed by atoms with Gasteiger partial charge in [-0.25, -0.2) is 0 Å². The topological polar surface area (TPSA) is 91.0 Å². The first-order valence-electron chi connectivity index (χ1n) is 15.0. The van der Waals surface area contributed by atoms with Crippen LogP contribution in [0.1, 0.15) is 61.4 Å². The Balaban J connectivity index is 1.53. The standard InChI is InChI=1S/C37H47N3O3/c1-21-11-13-28(14-12-21)43-26(6)39-19-27-15-32(40(9)10)30-17-35(7)20-36(8)18-33(41)34(25(5)38)24(4)37(36,42)23(3)31(35)16-29(30)22(27)2/h11-15,39,41-42H,4-6,16-20,38H2,1-3,7-10H3/t35-,36+,37-/m0/s1. The van der Waals surface area contributed by atoms with Gasteiger partial charge in [0.25, 0.3) is 0 Å². The summed E-state index contributed by atoms with van der Waals surface area (Å²) >= 11 is 0. The smallest absolute Gasteiger partial charge is 0.186 e. The number of benzene rings is 2. The third-order valence-corrected chi connectivity index (χ3v) is 10.3. The number of fused-ring (bicyclic) bond motifs is 3.